The summed E-state index contributed by atoms with van der Waals surface area (Å²) >= 11 is 1.63. The Kier molecular flexibility index (Phi) is 4.74. The summed E-state index contributed by atoms with van der Waals surface area (Å²) in [6, 6.07) is 3.39. The van der Waals surface area contributed by atoms with Gasteiger partial charge in [-0.25, -0.2) is 0 Å². The zero-order valence-corrected chi connectivity index (χ0v) is 9.79. The molecule has 1 heterocycles. The standard InChI is InChI=1S/C10H16N2O2S/c1-12(6-8-4-3-5-15-8)10(13)9(11)7-14-2/h3-5,9H,6-7,11H2,1-2H3. The number of amides is 1. The summed E-state index contributed by atoms with van der Waals surface area (Å²) in [5.74, 6) is -0.0924. The van der Waals surface area contributed by atoms with Crippen LogP contribution in [0.5, 0.6) is 0 Å². The Morgan fingerprint density at radius 1 is 1.73 bits per heavy atom. The molecule has 0 aliphatic heterocycles. The fourth-order valence-corrected chi connectivity index (χ4v) is 2.01. The molecule has 0 radical (unpaired) electrons. The Labute approximate surface area is 93.6 Å². The number of hydrogen-bond donors (Lipinski definition) is 1. The van der Waals surface area contributed by atoms with E-state index in [0.29, 0.717) is 6.54 Å². The summed E-state index contributed by atoms with van der Waals surface area (Å²) in [7, 11) is 3.28. The minimum atomic E-state index is -0.569. The summed E-state index contributed by atoms with van der Waals surface area (Å²) in [4.78, 5) is 14.5. The van der Waals surface area contributed by atoms with Crippen LogP contribution in [0.2, 0.25) is 0 Å². The van der Waals surface area contributed by atoms with Crippen LogP contribution in [0.3, 0.4) is 0 Å². The van der Waals surface area contributed by atoms with Gasteiger partial charge in [-0.05, 0) is 11.4 Å². The minimum absolute atomic E-state index is 0.0924. The quantitative estimate of drug-likeness (QED) is 0.806. The molecule has 1 aromatic heterocycles. The van der Waals surface area contributed by atoms with E-state index in [0.717, 1.165) is 4.88 Å². The summed E-state index contributed by atoms with van der Waals surface area (Å²) in [6.07, 6.45) is 0. The van der Waals surface area contributed by atoms with Crippen molar-refractivity contribution in [2.75, 3.05) is 20.8 Å². The maximum absolute atomic E-state index is 11.7. The lowest BCUT2D eigenvalue weighted by Crippen LogP contribution is -2.43. The van der Waals surface area contributed by atoms with Crippen molar-refractivity contribution < 1.29 is 9.53 Å². The normalized spacial score (nSPS) is 12.5. The molecule has 0 saturated carbocycles. The Bertz CT molecular complexity index is 300. The summed E-state index contributed by atoms with van der Waals surface area (Å²) in [5, 5.41) is 1.99. The molecule has 1 rings (SSSR count). The van der Waals surface area contributed by atoms with Crippen LogP contribution in [0.1, 0.15) is 4.88 Å². The molecule has 1 aromatic rings. The lowest BCUT2D eigenvalue weighted by atomic mass is 10.3. The van der Waals surface area contributed by atoms with Crippen LogP contribution in [0.4, 0.5) is 0 Å². The average Bonchev–Trinajstić information content (AvgIpc) is 2.69. The first-order valence-electron chi connectivity index (χ1n) is 4.67. The van der Waals surface area contributed by atoms with E-state index in [1.54, 1.807) is 23.3 Å². The van der Waals surface area contributed by atoms with Gasteiger partial charge in [0.2, 0.25) is 5.91 Å². The van der Waals surface area contributed by atoms with E-state index >= 15 is 0 Å². The number of hydrogen-bond acceptors (Lipinski definition) is 4. The van der Waals surface area contributed by atoms with Crippen LogP contribution in [0, 0.1) is 0 Å². The molecular formula is C10H16N2O2S. The summed E-state index contributed by atoms with van der Waals surface area (Å²) < 4.78 is 4.84. The molecule has 1 amide bonds. The zero-order chi connectivity index (χ0) is 11.3. The first-order chi connectivity index (χ1) is 7.15. The van der Waals surface area contributed by atoms with Crippen LogP contribution in [0.25, 0.3) is 0 Å². The van der Waals surface area contributed by atoms with Crippen molar-refractivity contribution in [3.63, 3.8) is 0 Å². The topological polar surface area (TPSA) is 55.6 Å². The predicted molar refractivity (Wildman–Crippen MR) is 60.6 cm³/mol. The maximum Gasteiger partial charge on any atom is 0.241 e. The van der Waals surface area contributed by atoms with Gasteiger partial charge in [-0.2, -0.15) is 0 Å². The number of ether oxygens (including phenoxy) is 1. The molecule has 0 fully saturated rings. The summed E-state index contributed by atoms with van der Waals surface area (Å²) in [6.45, 7) is 0.863. The molecule has 84 valence electrons. The fraction of sp³-hybridized carbons (Fsp3) is 0.500. The van der Waals surface area contributed by atoms with Gasteiger partial charge in [-0.3, -0.25) is 4.79 Å². The van der Waals surface area contributed by atoms with Crippen molar-refractivity contribution in [1.29, 1.82) is 0 Å². The van der Waals surface area contributed by atoms with Crippen molar-refractivity contribution >= 4 is 17.2 Å². The number of thiophene rings is 1. The molecule has 0 aromatic carbocycles. The van der Waals surface area contributed by atoms with E-state index in [9.17, 15) is 4.79 Å². The van der Waals surface area contributed by atoms with Crippen LogP contribution in [-0.4, -0.2) is 37.6 Å². The smallest absolute Gasteiger partial charge is 0.241 e. The molecule has 1 unspecified atom stereocenters. The highest BCUT2D eigenvalue weighted by Gasteiger charge is 2.17. The Morgan fingerprint density at radius 2 is 2.47 bits per heavy atom. The molecule has 0 spiro atoms. The van der Waals surface area contributed by atoms with Crippen LogP contribution in [-0.2, 0) is 16.1 Å². The number of rotatable bonds is 5. The van der Waals surface area contributed by atoms with E-state index in [-0.39, 0.29) is 12.5 Å². The second kappa shape index (κ2) is 5.85. The summed E-state index contributed by atoms with van der Waals surface area (Å²) in [5.41, 5.74) is 5.64. The number of methoxy groups -OCH3 is 1. The van der Waals surface area contributed by atoms with Crippen molar-refractivity contribution in [1.82, 2.24) is 4.90 Å². The van der Waals surface area contributed by atoms with Gasteiger partial charge >= 0.3 is 0 Å². The van der Waals surface area contributed by atoms with Gasteiger partial charge in [-0.1, -0.05) is 6.07 Å². The average molecular weight is 228 g/mol. The van der Waals surface area contributed by atoms with E-state index < -0.39 is 6.04 Å². The first kappa shape index (κ1) is 12.2. The fourth-order valence-electron chi connectivity index (χ4n) is 1.25. The number of nitrogens with zero attached hydrogens (tertiary/aromatic N) is 1. The second-order valence-electron chi connectivity index (χ2n) is 3.34. The van der Waals surface area contributed by atoms with Crippen molar-refractivity contribution in [2.24, 2.45) is 5.73 Å². The SMILES string of the molecule is COCC(N)C(=O)N(C)Cc1cccs1. The van der Waals surface area contributed by atoms with E-state index in [2.05, 4.69) is 0 Å². The van der Waals surface area contributed by atoms with Gasteiger partial charge in [-0.15, -0.1) is 11.3 Å². The predicted octanol–water partition coefficient (Wildman–Crippen LogP) is 0.680. The van der Waals surface area contributed by atoms with Gasteiger partial charge < -0.3 is 15.4 Å². The van der Waals surface area contributed by atoms with Crippen LogP contribution < -0.4 is 5.73 Å². The Hall–Kier alpha value is -0.910. The Balaban J connectivity index is 2.46. The number of likely N-dealkylation sites (N-methyl/N-ethyl adjacent to an activating group) is 1. The van der Waals surface area contributed by atoms with E-state index in [1.165, 1.54) is 7.11 Å². The van der Waals surface area contributed by atoms with Crippen LogP contribution >= 0.6 is 11.3 Å². The van der Waals surface area contributed by atoms with Crippen molar-refractivity contribution in [2.45, 2.75) is 12.6 Å². The molecule has 4 nitrogen and oxygen atoms in total. The molecule has 0 bridgehead atoms. The van der Waals surface area contributed by atoms with E-state index in [1.807, 2.05) is 17.5 Å². The molecule has 0 aliphatic rings. The molecule has 0 aliphatic carbocycles. The van der Waals surface area contributed by atoms with Gasteiger partial charge in [0.05, 0.1) is 13.2 Å². The number of carbonyl (C=O) groups is 1. The molecular weight excluding hydrogens is 212 g/mol. The lowest BCUT2D eigenvalue weighted by molar-refractivity contribution is -0.132. The highest BCUT2D eigenvalue weighted by molar-refractivity contribution is 7.09. The largest absolute Gasteiger partial charge is 0.383 e. The number of carbonyl (C=O) groups excluding carboxylic acids is 1. The van der Waals surface area contributed by atoms with Crippen molar-refractivity contribution in [3.05, 3.63) is 22.4 Å². The van der Waals surface area contributed by atoms with Gasteiger partial charge in [0.15, 0.2) is 0 Å². The monoisotopic (exact) mass is 228 g/mol. The van der Waals surface area contributed by atoms with Gasteiger partial charge in [0.25, 0.3) is 0 Å². The van der Waals surface area contributed by atoms with Gasteiger partial charge in [0, 0.05) is 19.0 Å². The second-order valence-corrected chi connectivity index (χ2v) is 4.37. The van der Waals surface area contributed by atoms with Crippen molar-refractivity contribution in [3.8, 4) is 0 Å². The highest BCUT2D eigenvalue weighted by Crippen LogP contribution is 2.11. The third-order valence-electron chi connectivity index (χ3n) is 2.01. The molecule has 0 saturated heterocycles. The molecule has 1 atom stereocenters. The maximum atomic E-state index is 11.7. The third kappa shape index (κ3) is 3.62. The zero-order valence-electron chi connectivity index (χ0n) is 8.97. The third-order valence-corrected chi connectivity index (χ3v) is 2.87. The molecule has 2 N–H and O–H groups in total. The lowest BCUT2D eigenvalue weighted by Gasteiger charge is -2.20. The molecule has 15 heavy (non-hydrogen) atoms. The Morgan fingerprint density at radius 3 is 3.00 bits per heavy atom. The first-order valence-corrected chi connectivity index (χ1v) is 5.55. The molecule has 5 heteroatoms. The number of nitrogens with two attached hydrogens (primary N) is 1. The van der Waals surface area contributed by atoms with E-state index in [4.69, 9.17) is 10.5 Å². The van der Waals surface area contributed by atoms with Crippen LogP contribution in [0.15, 0.2) is 17.5 Å². The van der Waals surface area contributed by atoms with Gasteiger partial charge in [0.1, 0.15) is 6.04 Å². The minimum Gasteiger partial charge on any atom is -0.383 e. The highest BCUT2D eigenvalue weighted by atomic mass is 32.1.